The summed E-state index contributed by atoms with van der Waals surface area (Å²) in [4.78, 5) is 25.4. The molecule has 1 amide bonds. The average Bonchev–Trinajstić information content (AvgIpc) is 2.84. The molecule has 0 saturated heterocycles. The smallest absolute Gasteiger partial charge is 0.340 e. The number of carbonyl (C=O) groups is 2. The molecule has 0 spiro atoms. The highest BCUT2D eigenvalue weighted by Crippen LogP contribution is 2.25. The first kappa shape index (κ1) is 23.0. The fourth-order valence-corrected chi connectivity index (χ4v) is 4.59. The number of sulfonamides is 1. The highest BCUT2D eigenvalue weighted by molar-refractivity contribution is 7.92. The molecule has 0 saturated carbocycles. The molecular weight excluding hydrogens is 452 g/mol. The van der Waals surface area contributed by atoms with E-state index in [1.165, 1.54) is 18.2 Å². The van der Waals surface area contributed by atoms with E-state index in [0.29, 0.717) is 0 Å². The van der Waals surface area contributed by atoms with Gasteiger partial charge in [-0.15, -0.1) is 0 Å². The van der Waals surface area contributed by atoms with Crippen molar-refractivity contribution in [3.05, 3.63) is 102 Å². The third-order valence-electron chi connectivity index (χ3n) is 5.12. The number of benzene rings is 4. The van der Waals surface area contributed by atoms with Gasteiger partial charge in [0.15, 0.2) is 0 Å². The van der Waals surface area contributed by atoms with Gasteiger partial charge in [-0.1, -0.05) is 54.6 Å². The molecule has 4 aromatic carbocycles. The second-order valence-electron chi connectivity index (χ2n) is 7.38. The Balaban J connectivity index is 1.62. The van der Waals surface area contributed by atoms with Gasteiger partial charge in [-0.05, 0) is 54.1 Å². The first-order chi connectivity index (χ1) is 16.4. The van der Waals surface area contributed by atoms with Crippen LogP contribution in [0.1, 0.15) is 27.6 Å². The molecule has 0 unspecified atom stereocenters. The Bertz CT molecular complexity index is 1480. The molecule has 4 rings (SSSR count). The Morgan fingerprint density at radius 2 is 1.38 bits per heavy atom. The number of nitrogens with one attached hydrogen (secondary N) is 2. The summed E-state index contributed by atoms with van der Waals surface area (Å²) in [6.07, 6.45) is 0. The van der Waals surface area contributed by atoms with Crippen LogP contribution >= 0.6 is 0 Å². The van der Waals surface area contributed by atoms with Gasteiger partial charge >= 0.3 is 5.97 Å². The van der Waals surface area contributed by atoms with Gasteiger partial charge in [0.05, 0.1) is 34.0 Å². The molecule has 0 aliphatic carbocycles. The van der Waals surface area contributed by atoms with E-state index in [-0.39, 0.29) is 34.0 Å². The number of anilines is 2. The Morgan fingerprint density at radius 3 is 2.12 bits per heavy atom. The third kappa shape index (κ3) is 4.92. The number of ether oxygens (including phenoxy) is 1. The minimum atomic E-state index is -3.97. The van der Waals surface area contributed by atoms with Gasteiger partial charge in [-0.2, -0.15) is 0 Å². The molecule has 2 N–H and O–H groups in total. The fraction of sp³-hybridized carbons (Fsp3) is 0.0769. The number of para-hydroxylation sites is 2. The standard InChI is InChI=1S/C26H22N2O5S/c1-2-33-26(30)22-12-6-7-13-23(22)27-25(29)21-11-5-8-14-24(21)28-34(31,32)20-16-15-18-9-3-4-10-19(18)17-20/h3-17,28H,2H2,1H3,(H,27,29). The normalized spacial score (nSPS) is 11.1. The van der Waals surface area contributed by atoms with Gasteiger partial charge in [0, 0.05) is 0 Å². The van der Waals surface area contributed by atoms with E-state index in [2.05, 4.69) is 10.0 Å². The largest absolute Gasteiger partial charge is 0.462 e. The maximum atomic E-state index is 13.1. The van der Waals surface area contributed by atoms with Crippen LogP contribution in [0, 0.1) is 0 Å². The molecule has 0 radical (unpaired) electrons. The number of fused-ring (bicyclic) bond motifs is 1. The van der Waals surface area contributed by atoms with Crippen molar-refractivity contribution in [1.82, 2.24) is 0 Å². The molecule has 0 aromatic heterocycles. The van der Waals surface area contributed by atoms with E-state index in [1.54, 1.807) is 55.5 Å². The van der Waals surface area contributed by atoms with E-state index < -0.39 is 21.9 Å². The Morgan fingerprint density at radius 1 is 0.765 bits per heavy atom. The summed E-state index contributed by atoms with van der Waals surface area (Å²) in [6.45, 7) is 1.89. The maximum Gasteiger partial charge on any atom is 0.340 e. The number of hydrogen-bond donors (Lipinski definition) is 2. The second kappa shape index (κ2) is 9.76. The lowest BCUT2D eigenvalue weighted by Crippen LogP contribution is -2.20. The summed E-state index contributed by atoms with van der Waals surface area (Å²) in [5, 5.41) is 4.38. The molecule has 8 heteroatoms. The van der Waals surface area contributed by atoms with Gasteiger partial charge in [-0.25, -0.2) is 13.2 Å². The predicted molar refractivity (Wildman–Crippen MR) is 132 cm³/mol. The number of amides is 1. The van der Waals surface area contributed by atoms with Crippen LogP contribution in [0.2, 0.25) is 0 Å². The lowest BCUT2D eigenvalue weighted by atomic mass is 10.1. The molecule has 34 heavy (non-hydrogen) atoms. The van der Waals surface area contributed by atoms with Crippen LogP contribution in [-0.4, -0.2) is 26.9 Å². The third-order valence-corrected chi connectivity index (χ3v) is 6.48. The summed E-state index contributed by atoms with van der Waals surface area (Å²) < 4.78 is 33.7. The van der Waals surface area contributed by atoms with Gasteiger partial charge in [0.1, 0.15) is 0 Å². The fourth-order valence-electron chi connectivity index (χ4n) is 3.48. The number of rotatable bonds is 7. The highest BCUT2D eigenvalue weighted by Gasteiger charge is 2.20. The lowest BCUT2D eigenvalue weighted by Gasteiger charge is -2.14. The van der Waals surface area contributed by atoms with Crippen molar-refractivity contribution in [3.8, 4) is 0 Å². The summed E-state index contributed by atoms with van der Waals surface area (Å²) in [6, 6.07) is 25.0. The quantitative estimate of drug-likeness (QED) is 0.364. The zero-order valence-corrected chi connectivity index (χ0v) is 19.1. The van der Waals surface area contributed by atoms with Crippen molar-refractivity contribution in [2.24, 2.45) is 0 Å². The first-order valence-corrected chi connectivity index (χ1v) is 12.1. The van der Waals surface area contributed by atoms with E-state index >= 15 is 0 Å². The van der Waals surface area contributed by atoms with E-state index in [0.717, 1.165) is 10.8 Å². The topological polar surface area (TPSA) is 102 Å². The molecular formula is C26H22N2O5S. The monoisotopic (exact) mass is 474 g/mol. The molecule has 172 valence electrons. The number of hydrogen-bond acceptors (Lipinski definition) is 5. The summed E-state index contributed by atoms with van der Waals surface area (Å²) >= 11 is 0. The average molecular weight is 475 g/mol. The van der Waals surface area contributed by atoms with E-state index in [1.807, 2.05) is 24.3 Å². The predicted octanol–water partition coefficient (Wildman–Crippen LogP) is 5.07. The Labute approximate surface area is 197 Å². The van der Waals surface area contributed by atoms with Crippen molar-refractivity contribution in [2.45, 2.75) is 11.8 Å². The molecule has 0 bridgehead atoms. The van der Waals surface area contributed by atoms with Crippen molar-refractivity contribution in [1.29, 1.82) is 0 Å². The summed E-state index contributed by atoms with van der Waals surface area (Å²) in [5.41, 5.74) is 0.678. The Kier molecular flexibility index (Phi) is 6.60. The van der Waals surface area contributed by atoms with Crippen LogP contribution < -0.4 is 10.0 Å². The molecule has 0 heterocycles. The molecule has 0 aliphatic heterocycles. The van der Waals surface area contributed by atoms with Crippen LogP contribution in [-0.2, 0) is 14.8 Å². The molecule has 7 nitrogen and oxygen atoms in total. The second-order valence-corrected chi connectivity index (χ2v) is 9.06. The van der Waals surface area contributed by atoms with Crippen molar-refractivity contribution >= 4 is 44.0 Å². The number of esters is 1. The van der Waals surface area contributed by atoms with Gasteiger partial charge < -0.3 is 10.1 Å². The summed E-state index contributed by atoms with van der Waals surface area (Å²) in [7, 11) is -3.97. The molecule has 0 aliphatic rings. The van der Waals surface area contributed by atoms with Crippen LogP contribution in [0.25, 0.3) is 10.8 Å². The Hall–Kier alpha value is -4.17. The van der Waals surface area contributed by atoms with Gasteiger partial charge in [0.2, 0.25) is 0 Å². The molecule has 0 atom stereocenters. The zero-order chi connectivity index (χ0) is 24.1. The van der Waals surface area contributed by atoms with Crippen LogP contribution in [0.4, 0.5) is 11.4 Å². The number of carbonyl (C=O) groups excluding carboxylic acids is 2. The van der Waals surface area contributed by atoms with Crippen LogP contribution in [0.5, 0.6) is 0 Å². The van der Waals surface area contributed by atoms with Gasteiger partial charge in [-0.3, -0.25) is 9.52 Å². The zero-order valence-electron chi connectivity index (χ0n) is 18.3. The SMILES string of the molecule is CCOC(=O)c1ccccc1NC(=O)c1ccccc1NS(=O)(=O)c1ccc2ccccc2c1. The van der Waals surface area contributed by atoms with Gasteiger partial charge in [0.25, 0.3) is 15.9 Å². The van der Waals surface area contributed by atoms with E-state index in [4.69, 9.17) is 4.74 Å². The highest BCUT2D eigenvalue weighted by atomic mass is 32.2. The lowest BCUT2D eigenvalue weighted by molar-refractivity contribution is 0.0527. The summed E-state index contributed by atoms with van der Waals surface area (Å²) in [5.74, 6) is -1.14. The maximum absolute atomic E-state index is 13.1. The molecule has 0 fully saturated rings. The van der Waals surface area contributed by atoms with Crippen molar-refractivity contribution in [3.63, 3.8) is 0 Å². The van der Waals surface area contributed by atoms with Crippen LogP contribution in [0.15, 0.2) is 95.9 Å². The minimum absolute atomic E-state index is 0.0778. The van der Waals surface area contributed by atoms with Crippen molar-refractivity contribution in [2.75, 3.05) is 16.6 Å². The minimum Gasteiger partial charge on any atom is -0.462 e. The van der Waals surface area contributed by atoms with E-state index in [9.17, 15) is 18.0 Å². The molecule has 4 aromatic rings. The van der Waals surface area contributed by atoms with Crippen LogP contribution in [0.3, 0.4) is 0 Å². The first-order valence-electron chi connectivity index (χ1n) is 10.6. The van der Waals surface area contributed by atoms with Crippen molar-refractivity contribution < 1.29 is 22.7 Å².